The minimum Gasteiger partial charge on any atom is -0.413 e. The largest absolute Gasteiger partial charge is 0.413 e. The maximum absolute atomic E-state index is 6.40. The highest BCUT2D eigenvalue weighted by Crippen LogP contribution is 2.66. The average Bonchev–Trinajstić information content (AvgIpc) is 2.82. The van der Waals surface area contributed by atoms with E-state index in [1.54, 1.807) is 0 Å². The molecule has 2 aliphatic rings. The Morgan fingerprint density at radius 2 is 1.75 bits per heavy atom. The summed E-state index contributed by atoms with van der Waals surface area (Å²) < 4.78 is 6.74. The minimum atomic E-state index is -1.41. The van der Waals surface area contributed by atoms with Gasteiger partial charge in [-0.2, -0.15) is 0 Å². The van der Waals surface area contributed by atoms with Crippen LogP contribution in [-0.2, 0) is 4.43 Å². The monoisotopic (exact) mass is 304 g/mol. The molecule has 2 fully saturated rings. The second-order valence-electron chi connectivity index (χ2n) is 6.45. The van der Waals surface area contributed by atoms with Crippen molar-refractivity contribution >= 4 is 24.2 Å². The topological polar surface area (TPSA) is 9.23 Å². The normalized spacial score (nSPS) is 40.3. The first-order valence-electron chi connectivity index (χ1n) is 6.76. The average molecular weight is 305 g/mol. The summed E-state index contributed by atoms with van der Waals surface area (Å²) in [5.41, 5.74) is 0. The van der Waals surface area contributed by atoms with Crippen LogP contribution >= 0.6 is 15.9 Å². The van der Waals surface area contributed by atoms with Crippen LogP contribution < -0.4 is 0 Å². The van der Waals surface area contributed by atoms with Gasteiger partial charge in [0.1, 0.15) is 0 Å². The molecule has 0 heterocycles. The van der Waals surface area contributed by atoms with Crippen LogP contribution in [0.1, 0.15) is 39.0 Å². The van der Waals surface area contributed by atoms with Crippen LogP contribution in [0, 0.1) is 11.8 Å². The molecule has 0 N–H and O–H groups in total. The van der Waals surface area contributed by atoms with Gasteiger partial charge in [0.05, 0.1) is 10.4 Å². The Balaban J connectivity index is 2.04. The van der Waals surface area contributed by atoms with E-state index in [4.69, 9.17) is 4.43 Å². The van der Waals surface area contributed by atoms with Gasteiger partial charge in [0, 0.05) is 0 Å². The molecule has 3 heteroatoms. The third kappa shape index (κ3) is 2.28. The van der Waals surface area contributed by atoms with Crippen molar-refractivity contribution in [3.8, 4) is 0 Å². The molecule has 16 heavy (non-hydrogen) atoms. The summed E-state index contributed by atoms with van der Waals surface area (Å²) in [5.74, 6) is 1.81. The van der Waals surface area contributed by atoms with E-state index >= 15 is 0 Å². The molecule has 0 aromatic carbocycles. The minimum absolute atomic E-state index is 0.346. The molecule has 0 bridgehead atoms. The fourth-order valence-electron chi connectivity index (χ4n) is 3.49. The Hall–Kier alpha value is 0.657. The van der Waals surface area contributed by atoms with Crippen molar-refractivity contribution in [3.63, 3.8) is 0 Å². The van der Waals surface area contributed by atoms with Crippen LogP contribution in [0.25, 0.3) is 0 Å². The van der Waals surface area contributed by atoms with Gasteiger partial charge in [-0.05, 0) is 50.7 Å². The molecule has 0 amide bonds. The Labute approximate surface area is 110 Å². The fraction of sp³-hybridized carbons (Fsp3) is 1.00. The third-order valence-corrected chi connectivity index (χ3v) is 6.83. The summed E-state index contributed by atoms with van der Waals surface area (Å²) in [6, 6.07) is 0. The summed E-state index contributed by atoms with van der Waals surface area (Å²) in [7, 11) is -1.41. The predicted octanol–water partition coefficient (Wildman–Crippen LogP) is 4.57. The lowest BCUT2D eigenvalue weighted by atomic mass is 10.0. The first-order chi connectivity index (χ1) is 7.39. The molecular weight excluding hydrogens is 280 g/mol. The zero-order valence-corrected chi connectivity index (χ0v) is 13.6. The summed E-state index contributed by atoms with van der Waals surface area (Å²) in [4.78, 5) is 0. The summed E-state index contributed by atoms with van der Waals surface area (Å²) in [6.07, 6.45) is 7.30. The standard InChI is InChI=1S/C13H25BrOSi/c1-5-12(15-16(2,3)4)13(14)10-8-6-7-9-11(10)13/h10-12H,5-9H2,1-4H3/t10-,11+,12?,13?. The highest BCUT2D eigenvalue weighted by atomic mass is 79.9. The molecule has 0 aromatic heterocycles. The first-order valence-corrected chi connectivity index (χ1v) is 11.0. The highest BCUT2D eigenvalue weighted by molar-refractivity contribution is 9.10. The van der Waals surface area contributed by atoms with Gasteiger partial charge >= 0.3 is 0 Å². The van der Waals surface area contributed by atoms with E-state index in [0.29, 0.717) is 10.4 Å². The van der Waals surface area contributed by atoms with Crippen LogP contribution in [0.5, 0.6) is 0 Å². The van der Waals surface area contributed by atoms with Crippen LogP contribution in [0.2, 0.25) is 19.6 Å². The van der Waals surface area contributed by atoms with E-state index in [1.807, 2.05) is 0 Å². The van der Waals surface area contributed by atoms with Crippen LogP contribution in [0.15, 0.2) is 0 Å². The number of hydrogen-bond acceptors (Lipinski definition) is 1. The third-order valence-electron chi connectivity index (χ3n) is 4.15. The first kappa shape index (κ1) is 13.1. The Bertz CT molecular complexity index is 249. The molecule has 1 nitrogen and oxygen atoms in total. The lowest BCUT2D eigenvalue weighted by Gasteiger charge is -2.30. The van der Waals surface area contributed by atoms with Gasteiger partial charge in [0.2, 0.25) is 0 Å². The molecule has 0 aliphatic heterocycles. The van der Waals surface area contributed by atoms with E-state index in [2.05, 4.69) is 42.5 Å². The van der Waals surface area contributed by atoms with Crippen molar-refractivity contribution in [2.45, 2.75) is 69.1 Å². The Morgan fingerprint density at radius 3 is 2.12 bits per heavy atom. The van der Waals surface area contributed by atoms with Gasteiger partial charge < -0.3 is 4.43 Å². The summed E-state index contributed by atoms with van der Waals surface area (Å²) in [6.45, 7) is 9.19. The molecule has 2 saturated carbocycles. The van der Waals surface area contributed by atoms with Crippen molar-refractivity contribution < 1.29 is 4.43 Å². The molecule has 2 rings (SSSR count). The SMILES string of the molecule is CCC(O[Si](C)(C)C)C1(Br)[C@@H]2CCCC[C@@H]21. The molecule has 0 saturated heterocycles. The second kappa shape index (κ2) is 4.40. The quantitative estimate of drug-likeness (QED) is 0.546. The predicted molar refractivity (Wildman–Crippen MR) is 75.6 cm³/mol. The number of halogens is 1. The second-order valence-corrected chi connectivity index (χ2v) is 12.3. The smallest absolute Gasteiger partial charge is 0.184 e. The van der Waals surface area contributed by atoms with Gasteiger partial charge in [0.25, 0.3) is 0 Å². The van der Waals surface area contributed by atoms with E-state index < -0.39 is 8.32 Å². The van der Waals surface area contributed by atoms with Gasteiger partial charge in [-0.1, -0.05) is 35.7 Å². The summed E-state index contributed by atoms with van der Waals surface area (Å²) >= 11 is 4.06. The zero-order valence-electron chi connectivity index (χ0n) is 11.1. The van der Waals surface area contributed by atoms with Crippen molar-refractivity contribution in [1.82, 2.24) is 0 Å². The molecule has 94 valence electrons. The number of hydrogen-bond donors (Lipinski definition) is 0. The van der Waals surface area contributed by atoms with E-state index in [9.17, 15) is 0 Å². The Morgan fingerprint density at radius 1 is 1.25 bits per heavy atom. The van der Waals surface area contributed by atoms with Crippen LogP contribution in [0.4, 0.5) is 0 Å². The number of rotatable bonds is 4. The van der Waals surface area contributed by atoms with Gasteiger partial charge in [-0.25, -0.2) is 0 Å². The highest BCUT2D eigenvalue weighted by Gasteiger charge is 2.66. The summed E-state index contributed by atoms with van der Waals surface area (Å²) in [5, 5.41) is 0. The van der Waals surface area contributed by atoms with Crippen LogP contribution in [-0.4, -0.2) is 18.7 Å². The van der Waals surface area contributed by atoms with Crippen molar-refractivity contribution in [1.29, 1.82) is 0 Å². The van der Waals surface area contributed by atoms with Crippen LogP contribution in [0.3, 0.4) is 0 Å². The molecule has 0 spiro atoms. The Kier molecular flexibility index (Phi) is 3.60. The molecule has 2 unspecified atom stereocenters. The van der Waals surface area contributed by atoms with Gasteiger partial charge in [-0.15, -0.1) is 0 Å². The lowest BCUT2D eigenvalue weighted by Crippen LogP contribution is -2.38. The van der Waals surface area contributed by atoms with Gasteiger partial charge in [0.15, 0.2) is 8.32 Å². The van der Waals surface area contributed by atoms with E-state index in [1.165, 1.54) is 25.7 Å². The number of alkyl halides is 1. The maximum atomic E-state index is 6.40. The molecule has 0 radical (unpaired) electrons. The van der Waals surface area contributed by atoms with E-state index in [-0.39, 0.29) is 0 Å². The zero-order chi connectivity index (χ0) is 12.0. The van der Waals surface area contributed by atoms with Crippen molar-refractivity contribution in [3.05, 3.63) is 0 Å². The number of fused-ring (bicyclic) bond motifs is 1. The molecule has 4 atom stereocenters. The van der Waals surface area contributed by atoms with Gasteiger partial charge in [-0.3, -0.25) is 0 Å². The molecule has 0 aromatic rings. The molecular formula is C13H25BrOSi. The fourth-order valence-corrected chi connectivity index (χ4v) is 6.26. The van der Waals surface area contributed by atoms with Crippen molar-refractivity contribution in [2.24, 2.45) is 11.8 Å². The van der Waals surface area contributed by atoms with E-state index in [0.717, 1.165) is 18.3 Å². The lowest BCUT2D eigenvalue weighted by molar-refractivity contribution is 0.171. The van der Waals surface area contributed by atoms with Crippen molar-refractivity contribution in [2.75, 3.05) is 0 Å². The maximum Gasteiger partial charge on any atom is 0.184 e. The molecule has 2 aliphatic carbocycles.